The molecule has 1 aromatic carbocycles. The van der Waals surface area contributed by atoms with E-state index in [4.69, 9.17) is 4.43 Å². The standard InChI is InChI=1S/C18H31BrOSi/c1-7-8-9-10-17(15-11-13-16(19)14-12-15)20-21(5,6)18(2,3)4/h11-14,17H,7-10H2,1-6H3/t17-/m0/s1. The number of hydrogen-bond donors (Lipinski definition) is 0. The summed E-state index contributed by atoms with van der Waals surface area (Å²) in [5, 5.41) is 0.255. The highest BCUT2D eigenvalue weighted by Crippen LogP contribution is 2.41. The smallest absolute Gasteiger partial charge is 0.192 e. The van der Waals surface area contributed by atoms with Gasteiger partial charge in [0.15, 0.2) is 8.32 Å². The van der Waals surface area contributed by atoms with Gasteiger partial charge in [0, 0.05) is 4.47 Å². The lowest BCUT2D eigenvalue weighted by molar-refractivity contribution is 0.170. The molecule has 1 atom stereocenters. The van der Waals surface area contributed by atoms with E-state index in [1.165, 1.54) is 24.8 Å². The van der Waals surface area contributed by atoms with E-state index in [1.807, 2.05) is 0 Å². The first-order valence-corrected chi connectivity index (χ1v) is 11.8. The molecule has 0 spiro atoms. The first-order valence-electron chi connectivity index (χ1n) is 8.10. The lowest BCUT2D eigenvalue weighted by Crippen LogP contribution is -2.41. The lowest BCUT2D eigenvalue weighted by atomic mass is 10.0. The molecular formula is C18H31BrOSi. The van der Waals surface area contributed by atoms with Crippen molar-refractivity contribution in [3.05, 3.63) is 34.3 Å². The molecule has 0 bridgehead atoms. The van der Waals surface area contributed by atoms with E-state index in [0.717, 1.165) is 10.9 Å². The normalized spacial score (nSPS) is 14.2. The molecule has 0 aliphatic rings. The molecule has 0 amide bonds. The fourth-order valence-corrected chi connectivity index (χ4v) is 3.67. The van der Waals surface area contributed by atoms with Gasteiger partial charge in [-0.3, -0.25) is 0 Å². The minimum atomic E-state index is -1.74. The first-order chi connectivity index (χ1) is 9.67. The summed E-state index contributed by atoms with van der Waals surface area (Å²) in [6, 6.07) is 8.65. The van der Waals surface area contributed by atoms with Gasteiger partial charge in [-0.2, -0.15) is 0 Å². The second-order valence-corrected chi connectivity index (χ2v) is 13.1. The first kappa shape index (κ1) is 18.9. The predicted octanol–water partition coefficient (Wildman–Crippen LogP) is 7.09. The van der Waals surface area contributed by atoms with Crippen LogP contribution in [-0.4, -0.2) is 8.32 Å². The van der Waals surface area contributed by atoms with Crippen molar-refractivity contribution < 1.29 is 4.43 Å². The van der Waals surface area contributed by atoms with Crippen molar-refractivity contribution in [3.8, 4) is 0 Å². The molecule has 120 valence electrons. The zero-order chi connectivity index (χ0) is 16.1. The Kier molecular flexibility index (Phi) is 7.15. The van der Waals surface area contributed by atoms with Crippen LogP contribution < -0.4 is 0 Å². The molecule has 1 nitrogen and oxygen atoms in total. The maximum atomic E-state index is 6.70. The minimum Gasteiger partial charge on any atom is -0.410 e. The lowest BCUT2D eigenvalue weighted by Gasteiger charge is -2.39. The van der Waals surface area contributed by atoms with E-state index >= 15 is 0 Å². The Hall–Kier alpha value is -0.123. The van der Waals surface area contributed by atoms with Gasteiger partial charge in [0.2, 0.25) is 0 Å². The van der Waals surface area contributed by atoms with E-state index in [9.17, 15) is 0 Å². The minimum absolute atomic E-state index is 0.241. The number of unbranched alkanes of at least 4 members (excludes halogenated alkanes) is 2. The Morgan fingerprint density at radius 3 is 2.14 bits per heavy atom. The molecule has 21 heavy (non-hydrogen) atoms. The van der Waals surface area contributed by atoms with Gasteiger partial charge in [0.25, 0.3) is 0 Å². The fourth-order valence-electron chi connectivity index (χ4n) is 2.08. The number of rotatable bonds is 7. The third-order valence-electron chi connectivity index (χ3n) is 4.55. The van der Waals surface area contributed by atoms with Crippen LogP contribution in [-0.2, 0) is 4.43 Å². The maximum Gasteiger partial charge on any atom is 0.192 e. The number of benzene rings is 1. The fraction of sp³-hybridized carbons (Fsp3) is 0.667. The summed E-state index contributed by atoms with van der Waals surface area (Å²) in [5.41, 5.74) is 1.32. The van der Waals surface area contributed by atoms with Crippen molar-refractivity contribution in [1.82, 2.24) is 0 Å². The largest absolute Gasteiger partial charge is 0.410 e. The molecule has 0 N–H and O–H groups in total. The molecule has 0 aromatic heterocycles. The van der Waals surface area contributed by atoms with Crippen LogP contribution in [0.1, 0.15) is 65.0 Å². The summed E-state index contributed by atoms with van der Waals surface area (Å²) in [7, 11) is -1.74. The third-order valence-corrected chi connectivity index (χ3v) is 9.57. The molecule has 0 heterocycles. The van der Waals surface area contributed by atoms with E-state index in [0.29, 0.717) is 0 Å². The second kappa shape index (κ2) is 7.93. The van der Waals surface area contributed by atoms with Crippen molar-refractivity contribution in [2.45, 2.75) is 77.6 Å². The van der Waals surface area contributed by atoms with Gasteiger partial charge in [-0.1, -0.05) is 75.0 Å². The monoisotopic (exact) mass is 370 g/mol. The van der Waals surface area contributed by atoms with Crippen LogP contribution in [0.2, 0.25) is 18.1 Å². The molecule has 0 saturated carbocycles. The van der Waals surface area contributed by atoms with Gasteiger partial charge in [-0.15, -0.1) is 0 Å². The van der Waals surface area contributed by atoms with Crippen LogP contribution in [0.25, 0.3) is 0 Å². The highest BCUT2D eigenvalue weighted by Gasteiger charge is 2.39. The third kappa shape index (κ3) is 5.88. The Balaban J connectivity index is 2.89. The van der Waals surface area contributed by atoms with Crippen molar-refractivity contribution in [3.63, 3.8) is 0 Å². The highest BCUT2D eigenvalue weighted by atomic mass is 79.9. The van der Waals surface area contributed by atoms with Gasteiger partial charge >= 0.3 is 0 Å². The predicted molar refractivity (Wildman–Crippen MR) is 99.3 cm³/mol. The summed E-state index contributed by atoms with van der Waals surface area (Å²) in [4.78, 5) is 0. The van der Waals surface area contributed by atoms with Crippen LogP contribution in [0.5, 0.6) is 0 Å². The highest BCUT2D eigenvalue weighted by molar-refractivity contribution is 9.10. The number of halogens is 1. The molecule has 0 aliphatic carbocycles. The Morgan fingerprint density at radius 2 is 1.67 bits per heavy atom. The zero-order valence-corrected chi connectivity index (χ0v) is 17.1. The van der Waals surface area contributed by atoms with E-state index < -0.39 is 8.32 Å². The van der Waals surface area contributed by atoms with E-state index in [2.05, 4.69) is 81.0 Å². The Labute approximate surface area is 140 Å². The summed E-state index contributed by atoms with van der Waals surface area (Å²) in [6.45, 7) is 13.9. The van der Waals surface area contributed by atoms with Crippen LogP contribution in [0.4, 0.5) is 0 Å². The molecule has 0 fully saturated rings. The molecule has 0 saturated heterocycles. The molecule has 3 heteroatoms. The average molecular weight is 371 g/mol. The molecule has 0 radical (unpaired) electrons. The maximum absolute atomic E-state index is 6.70. The summed E-state index contributed by atoms with van der Waals surface area (Å²) >= 11 is 3.52. The topological polar surface area (TPSA) is 9.23 Å². The van der Waals surface area contributed by atoms with Gasteiger partial charge in [0.1, 0.15) is 0 Å². The Morgan fingerprint density at radius 1 is 1.10 bits per heavy atom. The number of hydrogen-bond acceptors (Lipinski definition) is 1. The van der Waals surface area contributed by atoms with E-state index in [1.54, 1.807) is 0 Å². The summed E-state index contributed by atoms with van der Waals surface area (Å²) in [5.74, 6) is 0. The van der Waals surface area contributed by atoms with Crippen molar-refractivity contribution >= 4 is 24.2 Å². The SMILES string of the molecule is CCCCC[C@H](O[Si](C)(C)C(C)(C)C)c1ccc(Br)cc1. The molecule has 1 aromatic rings. The van der Waals surface area contributed by atoms with Gasteiger partial charge in [-0.25, -0.2) is 0 Å². The van der Waals surface area contributed by atoms with Crippen LogP contribution in [0, 0.1) is 0 Å². The quantitative estimate of drug-likeness (QED) is 0.367. The van der Waals surface area contributed by atoms with Crippen LogP contribution in [0.15, 0.2) is 28.7 Å². The van der Waals surface area contributed by atoms with Gasteiger partial charge in [0.05, 0.1) is 6.10 Å². The van der Waals surface area contributed by atoms with E-state index in [-0.39, 0.29) is 11.1 Å². The summed E-state index contributed by atoms with van der Waals surface area (Å²) < 4.78 is 7.83. The molecule has 0 unspecified atom stereocenters. The molecular weight excluding hydrogens is 340 g/mol. The van der Waals surface area contributed by atoms with Crippen molar-refractivity contribution in [1.29, 1.82) is 0 Å². The average Bonchev–Trinajstić information content (AvgIpc) is 2.37. The van der Waals surface area contributed by atoms with Gasteiger partial charge in [-0.05, 0) is 42.2 Å². The van der Waals surface area contributed by atoms with Gasteiger partial charge < -0.3 is 4.43 Å². The van der Waals surface area contributed by atoms with Crippen LogP contribution >= 0.6 is 15.9 Å². The Bertz CT molecular complexity index is 420. The van der Waals surface area contributed by atoms with Crippen molar-refractivity contribution in [2.24, 2.45) is 0 Å². The van der Waals surface area contributed by atoms with Crippen molar-refractivity contribution in [2.75, 3.05) is 0 Å². The summed E-state index contributed by atoms with van der Waals surface area (Å²) in [6.07, 6.45) is 5.15. The second-order valence-electron chi connectivity index (χ2n) is 7.41. The zero-order valence-electron chi connectivity index (χ0n) is 14.5. The molecule has 1 rings (SSSR count). The molecule has 0 aliphatic heterocycles. The van der Waals surface area contributed by atoms with Crippen LogP contribution in [0.3, 0.4) is 0 Å².